The maximum atomic E-state index is 12.6. The van der Waals surface area contributed by atoms with Crippen LogP contribution in [-0.4, -0.2) is 34.9 Å². The molecule has 0 saturated heterocycles. The van der Waals surface area contributed by atoms with Gasteiger partial charge in [0.25, 0.3) is 0 Å². The molecule has 2 aromatic rings. The molecule has 0 aromatic heterocycles. The fourth-order valence-corrected chi connectivity index (χ4v) is 5.43. The van der Waals surface area contributed by atoms with Gasteiger partial charge in [0.15, 0.2) is 0 Å². The Labute approximate surface area is 272 Å². The van der Waals surface area contributed by atoms with Crippen molar-refractivity contribution in [2.24, 2.45) is 0 Å². The van der Waals surface area contributed by atoms with Gasteiger partial charge < -0.3 is 19.7 Å². The van der Waals surface area contributed by atoms with Crippen LogP contribution in [0.3, 0.4) is 0 Å². The van der Waals surface area contributed by atoms with Gasteiger partial charge in [-0.3, -0.25) is 9.59 Å². The van der Waals surface area contributed by atoms with E-state index in [9.17, 15) is 19.8 Å². The second kappa shape index (κ2) is 14.6. The number of carbonyl (C=O) groups is 2. The van der Waals surface area contributed by atoms with Gasteiger partial charge in [-0.1, -0.05) is 107 Å². The molecule has 0 aliphatic rings. The average molecular weight is 625 g/mol. The van der Waals surface area contributed by atoms with Gasteiger partial charge in [0, 0.05) is 12.8 Å². The van der Waals surface area contributed by atoms with Crippen LogP contribution in [0.15, 0.2) is 24.3 Å². The van der Waals surface area contributed by atoms with Crippen LogP contribution in [0.1, 0.15) is 149 Å². The summed E-state index contributed by atoms with van der Waals surface area (Å²) in [6.07, 6.45) is 2.50. The first kappa shape index (κ1) is 38.2. The molecule has 0 bridgehead atoms. The lowest BCUT2D eigenvalue weighted by molar-refractivity contribution is -0.149. The summed E-state index contributed by atoms with van der Waals surface area (Å²) in [7, 11) is 0. The zero-order valence-electron chi connectivity index (χ0n) is 30.4. The second-order valence-electron chi connectivity index (χ2n) is 16.7. The molecular weight excluding hydrogens is 564 g/mol. The van der Waals surface area contributed by atoms with Crippen molar-refractivity contribution in [1.82, 2.24) is 0 Å². The Balaban J connectivity index is 1.85. The standard InChI is InChI=1S/C39H60O6/c1-25(45-33(41)19-17-27-23-30(38(8,9)10)35(43)31(24-27)39(11,12)13)15-14-20-44-32(40)18-16-26-21-28(36(2,3)4)34(42)29(22-26)37(5,6)7/h21-25,42-43H,14-20H2,1-13H3. The number of hydrogen-bond donors (Lipinski definition) is 2. The molecule has 2 aromatic carbocycles. The third-order valence-electron chi connectivity index (χ3n) is 8.16. The molecule has 45 heavy (non-hydrogen) atoms. The Morgan fingerprint density at radius 2 is 0.956 bits per heavy atom. The van der Waals surface area contributed by atoms with E-state index in [0.29, 0.717) is 37.2 Å². The molecule has 252 valence electrons. The number of phenolic OH excluding ortho intramolecular Hbond substituents is 2. The van der Waals surface area contributed by atoms with Gasteiger partial charge in [-0.25, -0.2) is 0 Å². The second-order valence-corrected chi connectivity index (χ2v) is 16.7. The number of benzene rings is 2. The SMILES string of the molecule is CC(CCCOC(=O)CCc1cc(C(C)(C)C)c(O)c(C(C)(C)C)c1)OC(=O)CCc1cc(C(C)(C)C)c(O)c(C(C)(C)C)c1. The molecule has 2 N–H and O–H groups in total. The molecule has 6 heteroatoms. The highest BCUT2D eigenvalue weighted by Gasteiger charge is 2.28. The van der Waals surface area contributed by atoms with Crippen molar-refractivity contribution >= 4 is 11.9 Å². The van der Waals surface area contributed by atoms with Crippen molar-refractivity contribution < 1.29 is 29.3 Å². The number of rotatable bonds is 11. The summed E-state index contributed by atoms with van der Waals surface area (Å²) >= 11 is 0. The smallest absolute Gasteiger partial charge is 0.306 e. The number of phenols is 2. The van der Waals surface area contributed by atoms with Crippen LogP contribution < -0.4 is 0 Å². The first-order valence-corrected chi connectivity index (χ1v) is 16.5. The van der Waals surface area contributed by atoms with Gasteiger partial charge >= 0.3 is 11.9 Å². The molecule has 1 atom stereocenters. The zero-order valence-corrected chi connectivity index (χ0v) is 30.4. The third-order valence-corrected chi connectivity index (χ3v) is 8.16. The summed E-state index contributed by atoms with van der Waals surface area (Å²) in [5, 5.41) is 21.9. The van der Waals surface area contributed by atoms with E-state index in [1.165, 1.54) is 0 Å². The van der Waals surface area contributed by atoms with E-state index in [1.807, 2.05) is 31.2 Å². The average Bonchev–Trinajstić information content (AvgIpc) is 2.87. The summed E-state index contributed by atoms with van der Waals surface area (Å²) in [6.45, 7) is 27.0. The van der Waals surface area contributed by atoms with Crippen molar-refractivity contribution in [2.75, 3.05) is 6.61 Å². The van der Waals surface area contributed by atoms with Crippen molar-refractivity contribution in [3.8, 4) is 11.5 Å². The molecule has 2 rings (SSSR count). The summed E-state index contributed by atoms with van der Waals surface area (Å²) in [4.78, 5) is 25.1. The molecule has 6 nitrogen and oxygen atoms in total. The van der Waals surface area contributed by atoms with Crippen LogP contribution in [0.2, 0.25) is 0 Å². The molecule has 0 heterocycles. The zero-order chi connectivity index (χ0) is 34.5. The van der Waals surface area contributed by atoms with Crippen LogP contribution in [-0.2, 0) is 53.6 Å². The Kier molecular flexibility index (Phi) is 12.4. The number of aryl methyl sites for hydroxylation is 2. The molecule has 0 aliphatic carbocycles. The largest absolute Gasteiger partial charge is 0.507 e. The van der Waals surface area contributed by atoms with Crippen LogP contribution in [0.4, 0.5) is 0 Å². The highest BCUT2D eigenvalue weighted by atomic mass is 16.5. The Morgan fingerprint density at radius 1 is 0.622 bits per heavy atom. The predicted molar refractivity (Wildman–Crippen MR) is 183 cm³/mol. The maximum absolute atomic E-state index is 12.6. The third kappa shape index (κ3) is 11.4. The van der Waals surface area contributed by atoms with E-state index >= 15 is 0 Å². The van der Waals surface area contributed by atoms with E-state index in [1.54, 1.807) is 0 Å². The molecular formula is C39H60O6. The fourth-order valence-electron chi connectivity index (χ4n) is 5.43. The van der Waals surface area contributed by atoms with Crippen molar-refractivity contribution in [3.63, 3.8) is 0 Å². The van der Waals surface area contributed by atoms with Crippen molar-refractivity contribution in [2.45, 2.75) is 156 Å². The first-order chi connectivity index (χ1) is 20.4. The highest BCUT2D eigenvalue weighted by molar-refractivity contribution is 5.70. The molecule has 0 aliphatic heterocycles. The number of ether oxygens (including phenoxy) is 2. The number of hydrogen-bond acceptors (Lipinski definition) is 6. The molecule has 0 radical (unpaired) electrons. The number of carbonyl (C=O) groups excluding carboxylic acids is 2. The predicted octanol–water partition coefficient (Wildman–Crippen LogP) is 9.11. The van der Waals surface area contributed by atoms with Gasteiger partial charge in [-0.2, -0.15) is 0 Å². The van der Waals surface area contributed by atoms with E-state index in [-0.39, 0.29) is 59.2 Å². The maximum Gasteiger partial charge on any atom is 0.306 e. The van der Waals surface area contributed by atoms with Gasteiger partial charge in [0.05, 0.1) is 12.7 Å². The van der Waals surface area contributed by atoms with Crippen molar-refractivity contribution in [1.29, 1.82) is 0 Å². The van der Waals surface area contributed by atoms with Gasteiger partial charge in [0.1, 0.15) is 11.5 Å². The highest BCUT2D eigenvalue weighted by Crippen LogP contribution is 2.41. The molecule has 0 amide bonds. The lowest BCUT2D eigenvalue weighted by Crippen LogP contribution is -2.19. The van der Waals surface area contributed by atoms with Crippen molar-refractivity contribution in [3.05, 3.63) is 57.6 Å². The lowest BCUT2D eigenvalue weighted by Gasteiger charge is -2.28. The molecule has 0 spiro atoms. The summed E-state index contributed by atoms with van der Waals surface area (Å²) in [6, 6.07) is 8.01. The van der Waals surface area contributed by atoms with Gasteiger partial charge in [-0.05, 0) is 87.6 Å². The molecule has 0 fully saturated rings. The summed E-state index contributed by atoms with van der Waals surface area (Å²) in [5.41, 5.74) is 4.65. The summed E-state index contributed by atoms with van der Waals surface area (Å²) < 4.78 is 11.1. The van der Waals surface area contributed by atoms with Crippen LogP contribution in [0, 0.1) is 0 Å². The van der Waals surface area contributed by atoms with Gasteiger partial charge in [0.2, 0.25) is 0 Å². The van der Waals surface area contributed by atoms with Crippen LogP contribution in [0.5, 0.6) is 11.5 Å². The topological polar surface area (TPSA) is 93.1 Å². The minimum atomic E-state index is -0.282. The first-order valence-electron chi connectivity index (χ1n) is 16.5. The Hall–Kier alpha value is -3.02. The monoisotopic (exact) mass is 624 g/mol. The molecule has 1 unspecified atom stereocenters. The fraction of sp³-hybridized carbons (Fsp3) is 0.641. The summed E-state index contributed by atoms with van der Waals surface area (Å²) in [5.74, 6) is 0.141. The number of esters is 2. The van der Waals surface area contributed by atoms with Crippen LogP contribution >= 0.6 is 0 Å². The van der Waals surface area contributed by atoms with Gasteiger partial charge in [-0.15, -0.1) is 0 Å². The normalized spacial score (nSPS) is 13.4. The van der Waals surface area contributed by atoms with Crippen LogP contribution in [0.25, 0.3) is 0 Å². The van der Waals surface area contributed by atoms with E-state index < -0.39 is 0 Å². The van der Waals surface area contributed by atoms with E-state index in [2.05, 4.69) is 83.1 Å². The quantitative estimate of drug-likeness (QED) is 0.191. The Morgan fingerprint density at radius 3 is 1.29 bits per heavy atom. The minimum Gasteiger partial charge on any atom is -0.507 e. The van der Waals surface area contributed by atoms with E-state index in [0.717, 1.165) is 33.4 Å². The minimum absolute atomic E-state index is 0.224. The number of aromatic hydroxyl groups is 2. The molecule has 0 saturated carbocycles. The Bertz CT molecular complexity index is 1260. The lowest BCUT2D eigenvalue weighted by atomic mass is 9.78. The van der Waals surface area contributed by atoms with E-state index in [4.69, 9.17) is 9.47 Å².